The van der Waals surface area contributed by atoms with Crippen molar-refractivity contribution in [2.75, 3.05) is 45.9 Å². The standard InChI is InChI=1S/C18H28FN3O4S/c1-15(2)26-13-5-8-20-18(23)14-21-9-11-22(12-10-21)27(24,25)17-7-4-3-6-16(17)19/h3-4,6-7,15H,5,8-14H2,1-2H3,(H,20,23)/p+1. The number of benzene rings is 1. The van der Waals surface area contributed by atoms with Gasteiger partial charge in [0.1, 0.15) is 10.7 Å². The minimum absolute atomic E-state index is 0.0556. The number of carbonyl (C=O) groups excluding carboxylic acids is 1. The number of carbonyl (C=O) groups is 1. The van der Waals surface area contributed by atoms with Crippen molar-refractivity contribution >= 4 is 15.9 Å². The Labute approximate surface area is 160 Å². The van der Waals surface area contributed by atoms with Crippen LogP contribution < -0.4 is 10.2 Å². The Morgan fingerprint density at radius 2 is 1.96 bits per heavy atom. The Bertz CT molecular complexity index is 719. The van der Waals surface area contributed by atoms with E-state index in [4.69, 9.17) is 4.74 Å². The summed E-state index contributed by atoms with van der Waals surface area (Å²) in [5.74, 6) is -0.798. The highest BCUT2D eigenvalue weighted by molar-refractivity contribution is 7.89. The summed E-state index contributed by atoms with van der Waals surface area (Å²) in [6.07, 6.45) is 0.940. The molecule has 27 heavy (non-hydrogen) atoms. The Morgan fingerprint density at radius 3 is 2.59 bits per heavy atom. The van der Waals surface area contributed by atoms with Crippen LogP contribution in [0.1, 0.15) is 20.3 Å². The van der Waals surface area contributed by atoms with E-state index in [2.05, 4.69) is 5.32 Å². The molecule has 2 N–H and O–H groups in total. The predicted octanol–water partition coefficient (Wildman–Crippen LogP) is -0.354. The molecular weight excluding hydrogens is 373 g/mol. The van der Waals surface area contributed by atoms with Crippen molar-refractivity contribution in [1.82, 2.24) is 9.62 Å². The molecule has 1 aromatic rings. The summed E-state index contributed by atoms with van der Waals surface area (Å²) in [6.45, 7) is 6.96. The molecule has 1 saturated heterocycles. The third kappa shape index (κ3) is 6.53. The van der Waals surface area contributed by atoms with E-state index in [9.17, 15) is 17.6 Å². The number of rotatable bonds is 9. The molecule has 0 radical (unpaired) electrons. The van der Waals surface area contributed by atoms with Gasteiger partial charge in [0.05, 0.1) is 32.3 Å². The zero-order chi connectivity index (χ0) is 19.9. The number of halogens is 1. The molecule has 152 valence electrons. The van der Waals surface area contributed by atoms with Crippen LogP contribution in [-0.4, -0.2) is 70.6 Å². The van der Waals surface area contributed by atoms with Crippen LogP contribution in [0, 0.1) is 5.82 Å². The smallest absolute Gasteiger partial charge is 0.275 e. The summed E-state index contributed by atoms with van der Waals surface area (Å²) in [5.41, 5.74) is 0. The number of amides is 1. The van der Waals surface area contributed by atoms with Crippen LogP contribution in [0.4, 0.5) is 4.39 Å². The van der Waals surface area contributed by atoms with E-state index < -0.39 is 15.8 Å². The summed E-state index contributed by atoms with van der Waals surface area (Å²) in [5, 5.41) is 2.86. The van der Waals surface area contributed by atoms with Crippen LogP contribution in [0.25, 0.3) is 0 Å². The molecule has 0 spiro atoms. The minimum Gasteiger partial charge on any atom is -0.379 e. The predicted molar refractivity (Wildman–Crippen MR) is 99.4 cm³/mol. The third-order valence-corrected chi connectivity index (χ3v) is 6.32. The lowest BCUT2D eigenvalue weighted by molar-refractivity contribution is -0.895. The molecule has 0 bridgehead atoms. The first-order valence-electron chi connectivity index (χ1n) is 9.27. The van der Waals surface area contributed by atoms with Gasteiger partial charge in [0, 0.05) is 13.2 Å². The van der Waals surface area contributed by atoms with Gasteiger partial charge in [0.25, 0.3) is 5.91 Å². The van der Waals surface area contributed by atoms with Crippen LogP contribution in [-0.2, 0) is 19.6 Å². The maximum Gasteiger partial charge on any atom is 0.275 e. The normalized spacial score (nSPS) is 16.6. The maximum absolute atomic E-state index is 13.8. The van der Waals surface area contributed by atoms with E-state index >= 15 is 0 Å². The number of sulfonamides is 1. The summed E-state index contributed by atoms with van der Waals surface area (Å²) >= 11 is 0. The van der Waals surface area contributed by atoms with Gasteiger partial charge in [-0.2, -0.15) is 4.31 Å². The first-order valence-corrected chi connectivity index (χ1v) is 10.7. The van der Waals surface area contributed by atoms with Gasteiger partial charge >= 0.3 is 0 Å². The number of hydrogen-bond acceptors (Lipinski definition) is 4. The van der Waals surface area contributed by atoms with E-state index in [0.717, 1.165) is 17.4 Å². The molecular formula is C18H29FN3O4S+. The fourth-order valence-corrected chi connectivity index (χ4v) is 4.43. The molecule has 0 saturated carbocycles. The molecule has 1 amide bonds. The number of piperazine rings is 1. The average Bonchev–Trinajstić information content (AvgIpc) is 2.62. The quantitative estimate of drug-likeness (QED) is 0.553. The number of quaternary nitrogens is 1. The number of hydrogen-bond donors (Lipinski definition) is 2. The van der Waals surface area contributed by atoms with Crippen LogP contribution in [0.15, 0.2) is 29.2 Å². The molecule has 1 aliphatic rings. The van der Waals surface area contributed by atoms with Crippen molar-refractivity contribution in [3.63, 3.8) is 0 Å². The molecule has 0 atom stereocenters. The van der Waals surface area contributed by atoms with Crippen LogP contribution in [0.3, 0.4) is 0 Å². The Balaban J connectivity index is 1.75. The first-order chi connectivity index (χ1) is 12.8. The van der Waals surface area contributed by atoms with Gasteiger partial charge in [-0.3, -0.25) is 4.79 Å². The molecule has 1 aromatic carbocycles. The third-order valence-electron chi connectivity index (χ3n) is 4.39. The number of ether oxygens (including phenoxy) is 1. The maximum atomic E-state index is 13.8. The van der Waals surface area contributed by atoms with E-state index in [1.54, 1.807) is 0 Å². The summed E-state index contributed by atoms with van der Waals surface area (Å²) in [4.78, 5) is 12.7. The Morgan fingerprint density at radius 1 is 1.30 bits per heavy atom. The number of nitrogens with zero attached hydrogens (tertiary/aromatic N) is 1. The lowest BCUT2D eigenvalue weighted by Crippen LogP contribution is -3.15. The van der Waals surface area contributed by atoms with Gasteiger partial charge < -0.3 is 15.0 Å². The van der Waals surface area contributed by atoms with Gasteiger partial charge in [-0.25, -0.2) is 12.8 Å². The highest BCUT2D eigenvalue weighted by Crippen LogP contribution is 2.18. The zero-order valence-corrected chi connectivity index (χ0v) is 16.7. The van der Waals surface area contributed by atoms with Crippen molar-refractivity contribution in [3.05, 3.63) is 30.1 Å². The topological polar surface area (TPSA) is 80.2 Å². The van der Waals surface area contributed by atoms with Gasteiger partial charge in [-0.05, 0) is 32.4 Å². The fourth-order valence-electron chi connectivity index (χ4n) is 2.92. The lowest BCUT2D eigenvalue weighted by Gasteiger charge is -2.31. The highest BCUT2D eigenvalue weighted by Gasteiger charge is 2.32. The molecule has 7 nitrogen and oxygen atoms in total. The van der Waals surface area contributed by atoms with Crippen molar-refractivity contribution in [2.45, 2.75) is 31.3 Å². The second-order valence-corrected chi connectivity index (χ2v) is 8.79. The fraction of sp³-hybridized carbons (Fsp3) is 0.611. The summed E-state index contributed by atoms with van der Waals surface area (Å²) < 4.78 is 45.7. The van der Waals surface area contributed by atoms with E-state index in [1.807, 2.05) is 13.8 Å². The monoisotopic (exact) mass is 402 g/mol. The van der Waals surface area contributed by atoms with Crippen molar-refractivity contribution in [3.8, 4) is 0 Å². The molecule has 0 aromatic heterocycles. The van der Waals surface area contributed by atoms with Gasteiger partial charge in [0.2, 0.25) is 10.0 Å². The van der Waals surface area contributed by atoms with E-state index in [0.29, 0.717) is 32.8 Å². The Hall–Kier alpha value is -1.55. The largest absolute Gasteiger partial charge is 0.379 e. The van der Waals surface area contributed by atoms with Gasteiger partial charge in [-0.15, -0.1) is 0 Å². The second kappa shape index (κ2) is 10.1. The molecule has 1 fully saturated rings. The summed E-state index contributed by atoms with van der Waals surface area (Å²) in [7, 11) is -3.84. The van der Waals surface area contributed by atoms with Crippen LogP contribution >= 0.6 is 0 Å². The molecule has 0 aliphatic carbocycles. The molecule has 9 heteroatoms. The number of nitrogens with one attached hydrogen (secondary N) is 2. The Kier molecular flexibility index (Phi) is 8.15. The molecule has 2 rings (SSSR count). The van der Waals surface area contributed by atoms with Crippen LogP contribution in [0.5, 0.6) is 0 Å². The first kappa shape index (κ1) is 21.7. The molecule has 1 aliphatic heterocycles. The average molecular weight is 403 g/mol. The lowest BCUT2D eigenvalue weighted by atomic mass is 10.3. The van der Waals surface area contributed by atoms with E-state index in [-0.39, 0.29) is 30.0 Å². The minimum atomic E-state index is -3.84. The van der Waals surface area contributed by atoms with Crippen molar-refractivity contribution < 1.29 is 27.2 Å². The van der Waals surface area contributed by atoms with Crippen molar-refractivity contribution in [2.24, 2.45) is 0 Å². The summed E-state index contributed by atoms with van der Waals surface area (Å²) in [6, 6.07) is 5.39. The molecule has 1 heterocycles. The van der Waals surface area contributed by atoms with Crippen LogP contribution in [0.2, 0.25) is 0 Å². The highest BCUT2D eigenvalue weighted by atomic mass is 32.2. The van der Waals surface area contributed by atoms with Crippen molar-refractivity contribution in [1.29, 1.82) is 0 Å². The molecule has 0 unspecified atom stereocenters. The SMILES string of the molecule is CC(C)OCCCNC(=O)C[NH+]1CCN(S(=O)(=O)c2ccccc2F)CC1. The second-order valence-electron chi connectivity index (χ2n) is 6.88. The van der Waals surface area contributed by atoms with E-state index in [1.165, 1.54) is 22.5 Å². The van der Waals surface area contributed by atoms with Gasteiger partial charge in [-0.1, -0.05) is 12.1 Å². The zero-order valence-electron chi connectivity index (χ0n) is 15.9. The van der Waals surface area contributed by atoms with Gasteiger partial charge in [0.15, 0.2) is 6.54 Å².